The smallest absolute Gasteiger partial charge is 0.0483 e. The molecule has 0 bridgehead atoms. The van der Waals surface area contributed by atoms with Gasteiger partial charge in [0.15, 0.2) is 0 Å². The van der Waals surface area contributed by atoms with E-state index in [2.05, 4.69) is 49.9 Å². The highest BCUT2D eigenvalue weighted by Crippen LogP contribution is 2.30. The van der Waals surface area contributed by atoms with Crippen molar-refractivity contribution in [2.24, 2.45) is 7.05 Å². The van der Waals surface area contributed by atoms with Crippen molar-refractivity contribution in [1.29, 1.82) is 0 Å². The summed E-state index contributed by atoms with van der Waals surface area (Å²) in [6.45, 7) is 6.20. The van der Waals surface area contributed by atoms with E-state index in [1.807, 2.05) is 13.8 Å². The number of aromatic nitrogens is 1. The summed E-state index contributed by atoms with van der Waals surface area (Å²) in [5.74, 6) is 0. The molecule has 0 radical (unpaired) electrons. The molecule has 1 aliphatic heterocycles. The minimum Gasteiger partial charge on any atom is -0.347 e. The number of hydrogen-bond donors (Lipinski definition) is 0. The van der Waals surface area contributed by atoms with E-state index in [0.29, 0.717) is 0 Å². The number of nitrogens with zero attached hydrogens (tertiary/aromatic N) is 2. The Hall–Kier alpha value is -0.850. The standard InChI is InChI=1S/C12H15N2P.C2H6/c1-13-11-5-3-2-4-9(11)10-8-14(15)7-6-12(10)13;1-2/h2-5H,6-8,15H2,1H3;1-2H3. The third kappa shape index (κ3) is 2.12. The molecule has 0 saturated carbocycles. The summed E-state index contributed by atoms with van der Waals surface area (Å²) in [6, 6.07) is 8.69. The molecule has 3 rings (SSSR count). The monoisotopic (exact) mass is 248 g/mol. The van der Waals surface area contributed by atoms with Gasteiger partial charge in [0.1, 0.15) is 0 Å². The van der Waals surface area contributed by atoms with Crippen LogP contribution in [0.15, 0.2) is 24.3 Å². The van der Waals surface area contributed by atoms with Crippen LogP contribution in [0.1, 0.15) is 25.1 Å². The molecule has 0 N–H and O–H groups in total. The lowest BCUT2D eigenvalue weighted by Gasteiger charge is -2.23. The molecule has 0 fully saturated rings. The Morgan fingerprint density at radius 3 is 2.65 bits per heavy atom. The summed E-state index contributed by atoms with van der Waals surface area (Å²) >= 11 is 0. The van der Waals surface area contributed by atoms with E-state index in [0.717, 1.165) is 19.5 Å². The van der Waals surface area contributed by atoms with Crippen molar-refractivity contribution in [3.05, 3.63) is 35.5 Å². The maximum atomic E-state index is 2.81. The predicted molar refractivity (Wildman–Crippen MR) is 78.1 cm³/mol. The second-order valence-corrected chi connectivity index (χ2v) is 4.95. The van der Waals surface area contributed by atoms with Crippen LogP contribution < -0.4 is 0 Å². The lowest BCUT2D eigenvalue weighted by atomic mass is 10.1. The topological polar surface area (TPSA) is 8.17 Å². The number of aryl methyl sites for hydroxylation is 1. The fourth-order valence-corrected chi connectivity index (χ4v) is 2.86. The zero-order chi connectivity index (χ0) is 12.4. The molecule has 1 aromatic carbocycles. The van der Waals surface area contributed by atoms with Crippen LogP contribution in [0.4, 0.5) is 0 Å². The molecule has 17 heavy (non-hydrogen) atoms. The molecule has 2 aromatic rings. The van der Waals surface area contributed by atoms with E-state index in [9.17, 15) is 0 Å². The van der Waals surface area contributed by atoms with Crippen molar-refractivity contribution < 1.29 is 0 Å². The van der Waals surface area contributed by atoms with Gasteiger partial charge in [0.25, 0.3) is 0 Å². The molecular formula is C14H21N2P. The number of fused-ring (bicyclic) bond motifs is 3. The molecule has 2 heterocycles. The number of rotatable bonds is 0. The lowest BCUT2D eigenvalue weighted by Crippen LogP contribution is -2.22. The SMILES string of the molecule is CC.Cn1c2c(c3ccccc31)CN(P)CC2. The Morgan fingerprint density at radius 2 is 1.88 bits per heavy atom. The maximum absolute atomic E-state index is 2.81. The fourth-order valence-electron chi connectivity index (χ4n) is 2.55. The Kier molecular flexibility index (Phi) is 3.86. The number of hydrogen-bond acceptors (Lipinski definition) is 1. The summed E-state index contributed by atoms with van der Waals surface area (Å²) in [5.41, 5.74) is 4.38. The van der Waals surface area contributed by atoms with Crippen LogP contribution in [-0.4, -0.2) is 15.8 Å². The van der Waals surface area contributed by atoms with E-state index >= 15 is 0 Å². The van der Waals surface area contributed by atoms with Gasteiger partial charge in [-0.1, -0.05) is 41.4 Å². The minimum absolute atomic E-state index is 1.06. The average molecular weight is 248 g/mol. The van der Waals surface area contributed by atoms with E-state index in [1.165, 1.54) is 22.2 Å². The van der Waals surface area contributed by atoms with Gasteiger partial charge in [-0.15, -0.1) is 0 Å². The maximum Gasteiger partial charge on any atom is 0.0483 e. The number of benzene rings is 1. The molecule has 3 heteroatoms. The normalized spacial score (nSPS) is 15.3. The highest BCUT2D eigenvalue weighted by Gasteiger charge is 2.20. The van der Waals surface area contributed by atoms with E-state index in [4.69, 9.17) is 0 Å². The number of para-hydroxylation sites is 1. The van der Waals surface area contributed by atoms with Gasteiger partial charge in [-0.25, -0.2) is 0 Å². The second kappa shape index (κ2) is 5.20. The first-order chi connectivity index (χ1) is 8.27. The van der Waals surface area contributed by atoms with Crippen LogP contribution in [0.25, 0.3) is 10.9 Å². The molecule has 0 saturated heterocycles. The third-order valence-electron chi connectivity index (χ3n) is 3.34. The summed E-state index contributed by atoms with van der Waals surface area (Å²) in [5, 5.41) is 1.42. The van der Waals surface area contributed by atoms with Crippen molar-refractivity contribution >= 4 is 20.3 Å². The summed E-state index contributed by atoms with van der Waals surface area (Å²) in [6.07, 6.45) is 1.16. The van der Waals surface area contributed by atoms with Crippen LogP contribution in [0.5, 0.6) is 0 Å². The van der Waals surface area contributed by atoms with Crippen LogP contribution in [-0.2, 0) is 20.0 Å². The Morgan fingerprint density at radius 1 is 1.18 bits per heavy atom. The van der Waals surface area contributed by atoms with Gasteiger partial charge in [-0.05, 0) is 11.6 Å². The van der Waals surface area contributed by atoms with Gasteiger partial charge < -0.3 is 4.57 Å². The van der Waals surface area contributed by atoms with Crippen molar-refractivity contribution in [3.63, 3.8) is 0 Å². The summed E-state index contributed by atoms with van der Waals surface area (Å²) in [4.78, 5) is 0. The van der Waals surface area contributed by atoms with E-state index in [1.54, 1.807) is 0 Å². The van der Waals surface area contributed by atoms with Gasteiger partial charge in [0, 0.05) is 43.2 Å². The highest BCUT2D eigenvalue weighted by atomic mass is 31.0. The van der Waals surface area contributed by atoms with Gasteiger partial charge >= 0.3 is 0 Å². The first-order valence-electron chi connectivity index (χ1n) is 6.32. The zero-order valence-electron chi connectivity index (χ0n) is 10.9. The molecule has 2 nitrogen and oxygen atoms in total. The molecule has 1 atom stereocenters. The summed E-state index contributed by atoms with van der Waals surface area (Å²) < 4.78 is 4.66. The third-order valence-corrected chi connectivity index (χ3v) is 3.78. The summed E-state index contributed by atoms with van der Waals surface area (Å²) in [7, 11) is 4.99. The molecule has 0 aliphatic carbocycles. The van der Waals surface area contributed by atoms with Crippen molar-refractivity contribution in [1.82, 2.24) is 9.24 Å². The molecule has 1 unspecified atom stereocenters. The van der Waals surface area contributed by atoms with Gasteiger partial charge in [-0.3, -0.25) is 4.67 Å². The second-order valence-electron chi connectivity index (χ2n) is 4.22. The molecule has 92 valence electrons. The van der Waals surface area contributed by atoms with Crippen LogP contribution in [0.3, 0.4) is 0 Å². The van der Waals surface area contributed by atoms with Gasteiger partial charge in [-0.2, -0.15) is 0 Å². The van der Waals surface area contributed by atoms with Crippen molar-refractivity contribution in [3.8, 4) is 0 Å². The Balaban J connectivity index is 0.000000514. The van der Waals surface area contributed by atoms with Crippen LogP contribution in [0, 0.1) is 0 Å². The first-order valence-corrected chi connectivity index (χ1v) is 6.84. The highest BCUT2D eigenvalue weighted by molar-refractivity contribution is 7.13. The van der Waals surface area contributed by atoms with Crippen LogP contribution in [0.2, 0.25) is 0 Å². The fraction of sp³-hybridized carbons (Fsp3) is 0.429. The first kappa shape index (κ1) is 12.6. The lowest BCUT2D eigenvalue weighted by molar-refractivity contribution is 0.437. The molecule has 0 amide bonds. The molecular weight excluding hydrogens is 227 g/mol. The molecule has 1 aliphatic rings. The van der Waals surface area contributed by atoms with Gasteiger partial charge in [0.2, 0.25) is 0 Å². The predicted octanol–water partition coefficient (Wildman–Crippen LogP) is 3.35. The van der Waals surface area contributed by atoms with Crippen LogP contribution >= 0.6 is 9.39 Å². The quantitative estimate of drug-likeness (QED) is 0.649. The average Bonchev–Trinajstić information content (AvgIpc) is 2.66. The molecule has 1 aromatic heterocycles. The Labute approximate surface area is 106 Å². The van der Waals surface area contributed by atoms with E-state index in [-0.39, 0.29) is 0 Å². The minimum atomic E-state index is 1.06. The van der Waals surface area contributed by atoms with E-state index < -0.39 is 0 Å². The largest absolute Gasteiger partial charge is 0.347 e. The zero-order valence-corrected chi connectivity index (χ0v) is 12.1. The van der Waals surface area contributed by atoms with Gasteiger partial charge in [0.05, 0.1) is 0 Å². The van der Waals surface area contributed by atoms with Crippen molar-refractivity contribution in [2.75, 3.05) is 6.54 Å². The van der Waals surface area contributed by atoms with Crippen molar-refractivity contribution in [2.45, 2.75) is 26.8 Å². The molecule has 0 spiro atoms. The Bertz CT molecular complexity index is 516.